The summed E-state index contributed by atoms with van der Waals surface area (Å²) in [5.41, 5.74) is 2.58. The first-order valence-electron chi connectivity index (χ1n) is 8.42. The van der Waals surface area contributed by atoms with E-state index in [1.807, 2.05) is 19.1 Å². The van der Waals surface area contributed by atoms with Gasteiger partial charge in [-0.05, 0) is 37.5 Å². The molecule has 1 amide bonds. The minimum Gasteiger partial charge on any atom is -0.355 e. The van der Waals surface area contributed by atoms with Gasteiger partial charge in [-0.2, -0.15) is 0 Å². The van der Waals surface area contributed by atoms with Crippen LogP contribution in [0, 0.1) is 6.92 Å². The second-order valence-electron chi connectivity index (χ2n) is 6.28. The highest BCUT2D eigenvalue weighted by Gasteiger charge is 2.23. The number of aryl methyl sites for hydroxylation is 2. The molecule has 2 aromatic carbocycles. The minimum atomic E-state index is -3.70. The van der Waals surface area contributed by atoms with E-state index in [1.54, 1.807) is 12.1 Å². The summed E-state index contributed by atoms with van der Waals surface area (Å²) in [5.74, 6) is -0.402. The molecule has 0 bridgehead atoms. The van der Waals surface area contributed by atoms with E-state index in [0.29, 0.717) is 6.54 Å². The molecule has 2 rings (SSSR count). The summed E-state index contributed by atoms with van der Waals surface area (Å²) in [6.07, 6.45) is 2.61. The number of halogens is 2. The summed E-state index contributed by atoms with van der Waals surface area (Å²) in [7, 11) is -3.70. The Morgan fingerprint density at radius 1 is 1.11 bits per heavy atom. The highest BCUT2D eigenvalue weighted by Crippen LogP contribution is 2.33. The monoisotopic (exact) mass is 428 g/mol. The van der Waals surface area contributed by atoms with E-state index in [4.69, 9.17) is 23.2 Å². The predicted molar refractivity (Wildman–Crippen MR) is 111 cm³/mol. The number of carbonyl (C=O) groups is 1. The Morgan fingerprint density at radius 3 is 2.41 bits per heavy atom. The highest BCUT2D eigenvalue weighted by molar-refractivity contribution is 7.92. The lowest BCUT2D eigenvalue weighted by atomic mass is 10.1. The van der Waals surface area contributed by atoms with Gasteiger partial charge in [-0.3, -0.25) is 9.10 Å². The van der Waals surface area contributed by atoms with Crippen LogP contribution < -0.4 is 9.62 Å². The fourth-order valence-corrected chi connectivity index (χ4v) is 3.84. The van der Waals surface area contributed by atoms with Crippen molar-refractivity contribution in [1.82, 2.24) is 5.32 Å². The average Bonchev–Trinajstić information content (AvgIpc) is 2.60. The highest BCUT2D eigenvalue weighted by atomic mass is 35.5. The summed E-state index contributed by atoms with van der Waals surface area (Å²) < 4.78 is 25.2. The Kier molecular flexibility index (Phi) is 7.53. The first-order chi connectivity index (χ1) is 12.7. The quantitative estimate of drug-likeness (QED) is 0.649. The van der Waals surface area contributed by atoms with Crippen molar-refractivity contribution in [3.8, 4) is 0 Å². The van der Waals surface area contributed by atoms with Crippen LogP contribution in [0.5, 0.6) is 0 Å². The van der Waals surface area contributed by atoms with Crippen molar-refractivity contribution >= 4 is 44.8 Å². The van der Waals surface area contributed by atoms with Crippen LogP contribution in [0.2, 0.25) is 10.0 Å². The molecular formula is C19H22Cl2N2O3S. The fraction of sp³-hybridized carbons (Fsp3) is 0.316. The van der Waals surface area contributed by atoms with Gasteiger partial charge in [0.05, 0.1) is 22.0 Å². The van der Waals surface area contributed by atoms with E-state index in [9.17, 15) is 13.2 Å². The van der Waals surface area contributed by atoms with Crippen LogP contribution >= 0.6 is 23.2 Å². The van der Waals surface area contributed by atoms with Gasteiger partial charge in [0.25, 0.3) is 0 Å². The molecule has 0 aliphatic carbocycles. The van der Waals surface area contributed by atoms with Crippen LogP contribution in [-0.4, -0.2) is 33.7 Å². The number of amides is 1. The smallest absolute Gasteiger partial charge is 0.240 e. The molecule has 8 heteroatoms. The van der Waals surface area contributed by atoms with E-state index < -0.39 is 15.9 Å². The first kappa shape index (κ1) is 21.5. The van der Waals surface area contributed by atoms with Crippen molar-refractivity contribution in [1.29, 1.82) is 0 Å². The summed E-state index contributed by atoms with van der Waals surface area (Å²) in [4.78, 5) is 12.2. The first-order valence-corrected chi connectivity index (χ1v) is 11.0. The summed E-state index contributed by atoms with van der Waals surface area (Å²) in [6, 6.07) is 12.9. The van der Waals surface area contributed by atoms with Crippen LogP contribution in [0.3, 0.4) is 0 Å². The normalized spacial score (nSPS) is 11.3. The van der Waals surface area contributed by atoms with Crippen LogP contribution in [-0.2, 0) is 21.2 Å². The van der Waals surface area contributed by atoms with E-state index in [0.717, 1.165) is 23.4 Å². The molecule has 0 spiro atoms. The predicted octanol–water partition coefficient (Wildman–Crippen LogP) is 3.82. The Morgan fingerprint density at radius 2 is 1.78 bits per heavy atom. The van der Waals surface area contributed by atoms with Crippen LogP contribution in [0.15, 0.2) is 42.5 Å². The van der Waals surface area contributed by atoms with Gasteiger partial charge in [0.2, 0.25) is 15.9 Å². The molecule has 0 radical (unpaired) electrons. The van der Waals surface area contributed by atoms with E-state index in [1.165, 1.54) is 17.2 Å². The van der Waals surface area contributed by atoms with Gasteiger partial charge in [-0.15, -0.1) is 0 Å². The zero-order valence-electron chi connectivity index (χ0n) is 15.2. The fourth-order valence-electron chi connectivity index (χ4n) is 2.53. The molecule has 0 fully saturated rings. The van der Waals surface area contributed by atoms with Crippen molar-refractivity contribution in [2.24, 2.45) is 0 Å². The third-order valence-electron chi connectivity index (χ3n) is 3.97. The van der Waals surface area contributed by atoms with Crippen LogP contribution in [0.25, 0.3) is 0 Å². The molecule has 5 nitrogen and oxygen atoms in total. The van der Waals surface area contributed by atoms with Gasteiger partial charge in [0.15, 0.2) is 0 Å². The number of benzene rings is 2. The molecule has 0 saturated heterocycles. The van der Waals surface area contributed by atoms with Gasteiger partial charge in [-0.25, -0.2) is 8.42 Å². The largest absolute Gasteiger partial charge is 0.355 e. The molecular weight excluding hydrogens is 407 g/mol. The number of sulfonamides is 1. The summed E-state index contributed by atoms with van der Waals surface area (Å²) in [6.45, 7) is 2.13. The Bertz CT molecular complexity index is 900. The average molecular weight is 429 g/mol. The van der Waals surface area contributed by atoms with Crippen molar-refractivity contribution in [2.45, 2.75) is 19.8 Å². The van der Waals surface area contributed by atoms with Crippen LogP contribution in [0.4, 0.5) is 5.69 Å². The zero-order chi connectivity index (χ0) is 20.0. The number of hydrogen-bond acceptors (Lipinski definition) is 3. The summed E-state index contributed by atoms with van der Waals surface area (Å²) in [5, 5.41) is 3.07. The molecule has 1 N–H and O–H groups in total. The lowest BCUT2D eigenvalue weighted by Crippen LogP contribution is -2.40. The molecule has 0 heterocycles. The molecule has 0 aromatic heterocycles. The third kappa shape index (κ3) is 6.41. The lowest BCUT2D eigenvalue weighted by molar-refractivity contribution is -0.119. The van der Waals surface area contributed by atoms with E-state index in [2.05, 4.69) is 17.4 Å². The molecule has 0 aliphatic rings. The molecule has 0 aliphatic heterocycles. The Labute approximate surface area is 170 Å². The number of rotatable bonds is 8. The maximum Gasteiger partial charge on any atom is 0.240 e. The Hall–Kier alpha value is -1.76. The van der Waals surface area contributed by atoms with Gasteiger partial charge in [0, 0.05) is 6.54 Å². The van der Waals surface area contributed by atoms with Gasteiger partial charge in [0.1, 0.15) is 6.54 Å². The lowest BCUT2D eigenvalue weighted by Gasteiger charge is -2.23. The maximum absolute atomic E-state index is 12.2. The number of anilines is 1. The molecule has 0 atom stereocenters. The van der Waals surface area contributed by atoms with E-state index in [-0.39, 0.29) is 22.3 Å². The number of hydrogen-bond donors (Lipinski definition) is 1. The molecule has 2 aromatic rings. The van der Waals surface area contributed by atoms with Crippen molar-refractivity contribution in [3.63, 3.8) is 0 Å². The van der Waals surface area contributed by atoms with E-state index >= 15 is 0 Å². The van der Waals surface area contributed by atoms with Crippen LogP contribution in [0.1, 0.15) is 17.5 Å². The second kappa shape index (κ2) is 9.44. The van der Waals surface area contributed by atoms with Gasteiger partial charge < -0.3 is 5.32 Å². The van der Waals surface area contributed by atoms with Crippen molar-refractivity contribution in [2.75, 3.05) is 23.7 Å². The van der Waals surface area contributed by atoms with Crippen molar-refractivity contribution in [3.05, 3.63) is 63.6 Å². The molecule has 146 valence electrons. The topological polar surface area (TPSA) is 66.5 Å². The Balaban J connectivity index is 1.94. The third-order valence-corrected chi connectivity index (χ3v) is 5.91. The summed E-state index contributed by atoms with van der Waals surface area (Å²) >= 11 is 12.1. The zero-order valence-corrected chi connectivity index (χ0v) is 17.5. The standard InChI is InChI=1S/C19H22Cl2N2O3S/c1-14-8-10-15(11-9-14)5-4-12-22-18(24)13-23(27(2,25)26)17-7-3-6-16(20)19(17)21/h3,6-11H,4-5,12-13H2,1-2H3,(H,22,24). The molecule has 0 unspecified atom stereocenters. The van der Waals surface area contributed by atoms with Gasteiger partial charge >= 0.3 is 0 Å². The molecule has 27 heavy (non-hydrogen) atoms. The number of nitrogens with zero attached hydrogens (tertiary/aromatic N) is 1. The second-order valence-corrected chi connectivity index (χ2v) is 8.97. The van der Waals surface area contributed by atoms with Gasteiger partial charge in [-0.1, -0.05) is 59.1 Å². The number of nitrogens with one attached hydrogen (secondary N) is 1. The minimum absolute atomic E-state index is 0.0942. The maximum atomic E-state index is 12.2. The van der Waals surface area contributed by atoms with Crippen molar-refractivity contribution < 1.29 is 13.2 Å². The SMILES string of the molecule is Cc1ccc(CCCNC(=O)CN(c2cccc(Cl)c2Cl)S(C)(=O)=O)cc1. The number of carbonyl (C=O) groups excluding carboxylic acids is 1. The molecule has 0 saturated carbocycles.